The van der Waals surface area contributed by atoms with E-state index in [2.05, 4.69) is 20.8 Å². The van der Waals surface area contributed by atoms with Crippen LogP contribution in [0.2, 0.25) is 0 Å². The van der Waals surface area contributed by atoms with Gasteiger partial charge in [0.15, 0.2) is 0 Å². The number of carbonyl (C=O) groups is 2. The van der Waals surface area contributed by atoms with E-state index >= 15 is 0 Å². The Balaban J connectivity index is 2.36. The molecule has 2 nitrogen and oxygen atoms in total. The Morgan fingerprint density at radius 2 is 1.53 bits per heavy atom. The number of hydrogen-bond donors (Lipinski definition) is 0. The van der Waals surface area contributed by atoms with Crippen LogP contribution in [0.4, 0.5) is 0 Å². The van der Waals surface area contributed by atoms with E-state index in [4.69, 9.17) is 0 Å². The summed E-state index contributed by atoms with van der Waals surface area (Å²) in [5, 5.41) is 0. The van der Waals surface area contributed by atoms with Gasteiger partial charge in [-0.1, -0.05) is 20.8 Å². The van der Waals surface area contributed by atoms with Crippen molar-refractivity contribution in [3.05, 3.63) is 0 Å². The van der Waals surface area contributed by atoms with Gasteiger partial charge in [-0.05, 0) is 43.9 Å². The summed E-state index contributed by atoms with van der Waals surface area (Å²) in [4.78, 5) is 22.8. The van der Waals surface area contributed by atoms with Gasteiger partial charge in [-0.3, -0.25) is 4.79 Å². The summed E-state index contributed by atoms with van der Waals surface area (Å²) in [5.74, 6) is 1.42. The second-order valence-corrected chi connectivity index (χ2v) is 6.58. The summed E-state index contributed by atoms with van der Waals surface area (Å²) >= 11 is 0. The van der Waals surface area contributed by atoms with Crippen molar-refractivity contribution in [2.45, 2.75) is 66.2 Å². The molecule has 1 rings (SSSR count). The van der Waals surface area contributed by atoms with E-state index in [1.165, 1.54) is 12.8 Å². The van der Waals surface area contributed by atoms with Crippen molar-refractivity contribution in [1.82, 2.24) is 0 Å². The Hall–Kier alpha value is -0.660. The zero-order chi connectivity index (χ0) is 13.1. The molecular weight excluding hydrogens is 212 g/mol. The Labute approximate surface area is 105 Å². The third-order valence-corrected chi connectivity index (χ3v) is 4.13. The molecule has 0 unspecified atom stereocenters. The minimum Gasteiger partial charge on any atom is -0.300 e. The molecule has 0 atom stereocenters. The molecule has 0 aromatic heterocycles. The predicted molar refractivity (Wildman–Crippen MR) is 69.8 cm³/mol. The van der Waals surface area contributed by atoms with Crippen molar-refractivity contribution in [2.24, 2.45) is 17.3 Å². The van der Waals surface area contributed by atoms with Gasteiger partial charge in [-0.25, -0.2) is 0 Å². The lowest BCUT2D eigenvalue weighted by atomic mass is 9.69. The van der Waals surface area contributed by atoms with Gasteiger partial charge < -0.3 is 4.79 Å². The van der Waals surface area contributed by atoms with Gasteiger partial charge in [0.2, 0.25) is 0 Å². The predicted octanol–water partition coefficient (Wildman–Crippen LogP) is 3.78. The number of Topliss-reactive ketones (excluding diaryl/α,β-unsaturated/α-hetero) is 2. The quantitative estimate of drug-likeness (QED) is 0.747. The molecule has 1 aliphatic rings. The Morgan fingerprint density at radius 3 is 1.94 bits per heavy atom. The first kappa shape index (κ1) is 14.4. The minimum atomic E-state index is 0.127. The average Bonchev–Trinajstić information content (AvgIpc) is 2.25. The molecule has 0 aromatic rings. The van der Waals surface area contributed by atoms with E-state index in [0.717, 1.165) is 18.8 Å². The average molecular weight is 238 g/mol. The molecule has 17 heavy (non-hydrogen) atoms. The van der Waals surface area contributed by atoms with E-state index in [0.29, 0.717) is 24.0 Å². The van der Waals surface area contributed by atoms with Crippen LogP contribution in [-0.2, 0) is 9.59 Å². The van der Waals surface area contributed by atoms with Crippen molar-refractivity contribution in [1.29, 1.82) is 0 Å². The third kappa shape index (κ3) is 4.61. The molecule has 0 aromatic carbocycles. The van der Waals surface area contributed by atoms with Crippen LogP contribution in [0, 0.1) is 17.3 Å². The molecule has 0 radical (unpaired) electrons. The monoisotopic (exact) mass is 238 g/mol. The normalized spacial score (nSPS) is 25.6. The van der Waals surface area contributed by atoms with Crippen LogP contribution in [0.15, 0.2) is 0 Å². The number of ketones is 2. The highest BCUT2D eigenvalue weighted by Crippen LogP contribution is 2.40. The van der Waals surface area contributed by atoms with Crippen LogP contribution in [0.25, 0.3) is 0 Å². The minimum absolute atomic E-state index is 0.127. The van der Waals surface area contributed by atoms with Crippen LogP contribution in [0.5, 0.6) is 0 Å². The van der Waals surface area contributed by atoms with Crippen LogP contribution in [0.1, 0.15) is 66.2 Å². The molecule has 0 heterocycles. The van der Waals surface area contributed by atoms with Gasteiger partial charge >= 0.3 is 0 Å². The van der Waals surface area contributed by atoms with Gasteiger partial charge in [0, 0.05) is 18.8 Å². The fourth-order valence-electron chi connectivity index (χ4n) is 2.78. The van der Waals surface area contributed by atoms with E-state index in [1.807, 2.05) is 0 Å². The molecule has 0 amide bonds. The van der Waals surface area contributed by atoms with Crippen LogP contribution in [0.3, 0.4) is 0 Å². The first-order chi connectivity index (χ1) is 7.80. The zero-order valence-corrected chi connectivity index (χ0v) is 11.7. The lowest BCUT2D eigenvalue weighted by Gasteiger charge is -2.36. The maximum atomic E-state index is 11.9. The summed E-state index contributed by atoms with van der Waals surface area (Å²) < 4.78 is 0. The Morgan fingerprint density at radius 1 is 1.00 bits per heavy atom. The maximum absolute atomic E-state index is 11.9. The molecule has 0 aliphatic heterocycles. The molecule has 1 saturated carbocycles. The maximum Gasteiger partial charge on any atom is 0.136 e. The third-order valence-electron chi connectivity index (χ3n) is 4.13. The molecule has 98 valence electrons. The summed E-state index contributed by atoms with van der Waals surface area (Å²) in [5.41, 5.74) is 0.368. The van der Waals surface area contributed by atoms with E-state index < -0.39 is 0 Å². The fourth-order valence-corrected chi connectivity index (χ4v) is 2.78. The van der Waals surface area contributed by atoms with Crippen LogP contribution >= 0.6 is 0 Å². The number of hydrogen-bond acceptors (Lipinski definition) is 2. The lowest BCUT2D eigenvalue weighted by Crippen LogP contribution is -2.28. The summed E-state index contributed by atoms with van der Waals surface area (Å²) in [7, 11) is 0. The SMILES string of the molecule is CC(=O)CCC(=O)C1CCC(C(C)(C)C)CC1. The highest BCUT2D eigenvalue weighted by atomic mass is 16.1. The van der Waals surface area contributed by atoms with Crippen molar-refractivity contribution in [3.8, 4) is 0 Å². The second kappa shape index (κ2) is 5.79. The van der Waals surface area contributed by atoms with E-state index in [-0.39, 0.29) is 11.7 Å². The molecule has 1 fully saturated rings. The largest absolute Gasteiger partial charge is 0.300 e. The van der Waals surface area contributed by atoms with Crippen LogP contribution in [-0.4, -0.2) is 11.6 Å². The summed E-state index contributed by atoms with van der Waals surface area (Å²) in [6, 6.07) is 0. The molecular formula is C15H26O2. The molecule has 0 bridgehead atoms. The Kier molecular flexibility index (Phi) is 4.91. The summed E-state index contributed by atoms with van der Waals surface area (Å²) in [6.45, 7) is 8.42. The highest BCUT2D eigenvalue weighted by Gasteiger charge is 2.31. The fraction of sp³-hybridized carbons (Fsp3) is 0.867. The van der Waals surface area contributed by atoms with Gasteiger partial charge in [0.1, 0.15) is 11.6 Å². The van der Waals surface area contributed by atoms with Crippen molar-refractivity contribution in [3.63, 3.8) is 0 Å². The lowest BCUT2D eigenvalue weighted by molar-refractivity contribution is -0.127. The molecule has 0 saturated heterocycles. The second-order valence-electron chi connectivity index (χ2n) is 6.58. The smallest absolute Gasteiger partial charge is 0.136 e. The number of carbonyl (C=O) groups excluding carboxylic acids is 2. The number of rotatable bonds is 4. The highest BCUT2D eigenvalue weighted by molar-refractivity contribution is 5.86. The van der Waals surface area contributed by atoms with Gasteiger partial charge in [0.05, 0.1) is 0 Å². The molecule has 2 heteroatoms. The molecule has 1 aliphatic carbocycles. The zero-order valence-electron chi connectivity index (χ0n) is 11.7. The van der Waals surface area contributed by atoms with E-state index in [1.54, 1.807) is 6.92 Å². The summed E-state index contributed by atoms with van der Waals surface area (Å²) in [6.07, 6.45) is 5.27. The van der Waals surface area contributed by atoms with E-state index in [9.17, 15) is 9.59 Å². The topological polar surface area (TPSA) is 34.1 Å². The standard InChI is InChI=1S/C15H26O2/c1-11(16)5-10-14(17)12-6-8-13(9-7-12)15(2,3)4/h12-13H,5-10H2,1-4H3. The first-order valence-electron chi connectivity index (χ1n) is 6.83. The Bertz CT molecular complexity index is 278. The van der Waals surface area contributed by atoms with Gasteiger partial charge in [-0.2, -0.15) is 0 Å². The molecule has 0 spiro atoms. The van der Waals surface area contributed by atoms with Crippen molar-refractivity contribution >= 4 is 11.6 Å². The van der Waals surface area contributed by atoms with Gasteiger partial charge in [-0.15, -0.1) is 0 Å². The van der Waals surface area contributed by atoms with Crippen molar-refractivity contribution < 1.29 is 9.59 Å². The molecule has 0 N–H and O–H groups in total. The van der Waals surface area contributed by atoms with Crippen molar-refractivity contribution in [2.75, 3.05) is 0 Å². The van der Waals surface area contributed by atoms with Crippen LogP contribution < -0.4 is 0 Å². The van der Waals surface area contributed by atoms with Gasteiger partial charge in [0.25, 0.3) is 0 Å². The first-order valence-corrected chi connectivity index (χ1v) is 6.83.